The molecule has 1 amide bonds. The molecule has 1 N–H and O–H groups in total. The van der Waals surface area contributed by atoms with E-state index in [1.165, 1.54) is 12.0 Å². The molecule has 0 aliphatic carbocycles. The molecule has 1 saturated heterocycles. The minimum absolute atomic E-state index is 0.0000262. The Morgan fingerprint density at radius 3 is 2.39 bits per heavy atom. The van der Waals surface area contributed by atoms with E-state index >= 15 is 0 Å². The van der Waals surface area contributed by atoms with Crippen molar-refractivity contribution in [1.29, 1.82) is 0 Å². The third-order valence-corrected chi connectivity index (χ3v) is 6.09. The standard InChI is InChI=1S/C29H29NO6/c1-5-14-36-23-11-6-8-19(16-23)26-25(27(31)20-12-13-24(35-4)18(2)15-20)28(32)29(33)30(26)21-9-7-10-22(17-21)34-3/h6-13,15-17,26,31H,5,14H2,1-4H3/b27-25+. The van der Waals surface area contributed by atoms with Gasteiger partial charge in [-0.15, -0.1) is 0 Å². The molecular weight excluding hydrogens is 458 g/mol. The highest BCUT2D eigenvalue weighted by Gasteiger charge is 2.47. The number of aliphatic hydroxyl groups is 1. The number of hydrogen-bond donors (Lipinski definition) is 1. The summed E-state index contributed by atoms with van der Waals surface area (Å²) >= 11 is 0. The number of ketones is 1. The maximum Gasteiger partial charge on any atom is 0.300 e. The van der Waals surface area contributed by atoms with Crippen LogP contribution in [-0.4, -0.2) is 37.6 Å². The molecule has 1 heterocycles. The van der Waals surface area contributed by atoms with Gasteiger partial charge in [-0.2, -0.15) is 0 Å². The summed E-state index contributed by atoms with van der Waals surface area (Å²) in [6, 6.07) is 18.4. The van der Waals surface area contributed by atoms with Crippen molar-refractivity contribution in [3.63, 3.8) is 0 Å². The van der Waals surface area contributed by atoms with Crippen LogP contribution in [0.1, 0.15) is 36.1 Å². The molecular formula is C29H29NO6. The van der Waals surface area contributed by atoms with Crippen molar-refractivity contribution in [2.24, 2.45) is 0 Å². The molecule has 1 fully saturated rings. The van der Waals surface area contributed by atoms with Crippen LogP contribution in [0.2, 0.25) is 0 Å². The predicted molar refractivity (Wildman–Crippen MR) is 138 cm³/mol. The van der Waals surface area contributed by atoms with Crippen LogP contribution in [0.5, 0.6) is 17.2 Å². The Bertz CT molecular complexity index is 1330. The number of benzene rings is 3. The molecule has 1 aliphatic heterocycles. The maximum absolute atomic E-state index is 13.4. The van der Waals surface area contributed by atoms with E-state index in [9.17, 15) is 14.7 Å². The van der Waals surface area contributed by atoms with Gasteiger partial charge >= 0.3 is 0 Å². The second-order valence-corrected chi connectivity index (χ2v) is 8.48. The van der Waals surface area contributed by atoms with Crippen LogP contribution >= 0.6 is 0 Å². The lowest BCUT2D eigenvalue weighted by Gasteiger charge is -2.26. The minimum atomic E-state index is -0.871. The molecule has 186 valence electrons. The number of nitrogens with zero attached hydrogens (tertiary/aromatic N) is 1. The summed E-state index contributed by atoms with van der Waals surface area (Å²) in [6.07, 6.45) is 0.837. The number of carbonyl (C=O) groups is 2. The summed E-state index contributed by atoms with van der Waals surface area (Å²) in [5.41, 5.74) is 2.32. The van der Waals surface area contributed by atoms with Crippen LogP contribution in [0.15, 0.2) is 72.3 Å². The van der Waals surface area contributed by atoms with Gasteiger partial charge in [-0.05, 0) is 66.9 Å². The quantitative estimate of drug-likeness (QED) is 0.259. The zero-order chi connectivity index (χ0) is 25.8. The highest BCUT2D eigenvalue weighted by molar-refractivity contribution is 6.51. The topological polar surface area (TPSA) is 85.3 Å². The zero-order valence-corrected chi connectivity index (χ0v) is 20.8. The normalized spacial score (nSPS) is 16.8. The smallest absolute Gasteiger partial charge is 0.300 e. The molecule has 3 aromatic carbocycles. The maximum atomic E-state index is 13.4. The zero-order valence-electron chi connectivity index (χ0n) is 20.8. The van der Waals surface area contributed by atoms with Crippen LogP contribution in [0.3, 0.4) is 0 Å². The van der Waals surface area contributed by atoms with Crippen molar-refractivity contribution in [2.75, 3.05) is 25.7 Å². The van der Waals surface area contributed by atoms with Gasteiger partial charge in [0.05, 0.1) is 32.4 Å². The summed E-state index contributed by atoms with van der Waals surface area (Å²) in [4.78, 5) is 28.2. The molecule has 7 heteroatoms. The Labute approximate surface area is 210 Å². The lowest BCUT2D eigenvalue weighted by Crippen LogP contribution is -2.29. The monoisotopic (exact) mass is 487 g/mol. The van der Waals surface area contributed by atoms with E-state index < -0.39 is 17.7 Å². The van der Waals surface area contributed by atoms with Crippen LogP contribution < -0.4 is 19.1 Å². The molecule has 0 aromatic heterocycles. The van der Waals surface area contributed by atoms with Crippen molar-refractivity contribution in [2.45, 2.75) is 26.3 Å². The number of hydrogen-bond acceptors (Lipinski definition) is 6. The largest absolute Gasteiger partial charge is 0.507 e. The van der Waals surface area contributed by atoms with Gasteiger partial charge in [0.1, 0.15) is 23.0 Å². The van der Waals surface area contributed by atoms with Crippen LogP contribution in [0.4, 0.5) is 5.69 Å². The first kappa shape index (κ1) is 24.9. The molecule has 0 bridgehead atoms. The fourth-order valence-corrected chi connectivity index (χ4v) is 4.35. The second-order valence-electron chi connectivity index (χ2n) is 8.48. The fourth-order valence-electron chi connectivity index (χ4n) is 4.35. The van der Waals surface area contributed by atoms with Crippen molar-refractivity contribution in [3.05, 3.63) is 89.0 Å². The van der Waals surface area contributed by atoms with Gasteiger partial charge < -0.3 is 19.3 Å². The Hall–Kier alpha value is -4.26. The van der Waals surface area contributed by atoms with Crippen molar-refractivity contribution >= 4 is 23.1 Å². The van der Waals surface area contributed by atoms with E-state index in [1.807, 2.05) is 32.0 Å². The molecule has 1 aliphatic rings. The predicted octanol–water partition coefficient (Wildman–Crippen LogP) is 5.43. The minimum Gasteiger partial charge on any atom is -0.507 e. The molecule has 0 spiro atoms. The average molecular weight is 488 g/mol. The molecule has 7 nitrogen and oxygen atoms in total. The van der Waals surface area contributed by atoms with Crippen molar-refractivity contribution in [1.82, 2.24) is 0 Å². The molecule has 0 radical (unpaired) electrons. The number of Topliss-reactive ketones (excluding diaryl/α,β-unsaturated/α-hetero) is 1. The van der Waals surface area contributed by atoms with Crippen LogP contribution in [0, 0.1) is 6.92 Å². The van der Waals surface area contributed by atoms with E-state index in [4.69, 9.17) is 14.2 Å². The summed E-state index contributed by atoms with van der Waals surface area (Å²) in [5, 5.41) is 11.4. The van der Waals surface area contributed by atoms with E-state index in [0.29, 0.717) is 40.7 Å². The van der Waals surface area contributed by atoms with E-state index in [-0.39, 0.29) is 11.3 Å². The van der Waals surface area contributed by atoms with Gasteiger partial charge in [0.2, 0.25) is 0 Å². The van der Waals surface area contributed by atoms with Gasteiger partial charge in [0.25, 0.3) is 11.7 Å². The van der Waals surface area contributed by atoms with Crippen molar-refractivity contribution < 1.29 is 28.9 Å². The number of methoxy groups -OCH3 is 2. The van der Waals surface area contributed by atoms with Gasteiger partial charge in [0.15, 0.2) is 0 Å². The molecule has 1 atom stereocenters. The SMILES string of the molecule is CCCOc1cccc(C2/C(=C(\O)c3ccc(OC)c(C)c3)C(=O)C(=O)N2c2cccc(OC)c2)c1. The summed E-state index contributed by atoms with van der Waals surface area (Å²) in [5.74, 6) is 0.0495. The number of aryl methyl sites for hydroxylation is 1. The Balaban J connectivity index is 1.92. The van der Waals surface area contributed by atoms with Crippen LogP contribution in [0.25, 0.3) is 5.76 Å². The molecule has 4 rings (SSSR count). The van der Waals surface area contributed by atoms with Gasteiger partial charge in [-0.25, -0.2) is 0 Å². The van der Waals surface area contributed by atoms with Crippen LogP contribution in [-0.2, 0) is 9.59 Å². The number of rotatable bonds is 8. The number of carbonyl (C=O) groups excluding carboxylic acids is 2. The first-order chi connectivity index (χ1) is 17.4. The van der Waals surface area contributed by atoms with E-state index in [2.05, 4.69) is 0 Å². The van der Waals surface area contributed by atoms with Gasteiger partial charge in [-0.3, -0.25) is 14.5 Å². The molecule has 3 aromatic rings. The molecule has 0 saturated carbocycles. The Morgan fingerprint density at radius 2 is 1.69 bits per heavy atom. The number of anilines is 1. The summed E-state index contributed by atoms with van der Waals surface area (Å²) in [7, 11) is 3.10. The lowest BCUT2D eigenvalue weighted by atomic mass is 9.94. The van der Waals surface area contributed by atoms with Gasteiger partial charge in [0, 0.05) is 17.3 Å². The van der Waals surface area contributed by atoms with Gasteiger partial charge in [-0.1, -0.05) is 25.1 Å². The van der Waals surface area contributed by atoms with E-state index in [0.717, 1.165) is 12.0 Å². The second kappa shape index (κ2) is 10.6. The first-order valence-corrected chi connectivity index (χ1v) is 11.7. The highest BCUT2D eigenvalue weighted by atomic mass is 16.5. The number of aliphatic hydroxyl groups excluding tert-OH is 1. The number of amides is 1. The molecule has 1 unspecified atom stereocenters. The third-order valence-electron chi connectivity index (χ3n) is 6.09. The first-order valence-electron chi connectivity index (χ1n) is 11.7. The number of ether oxygens (including phenoxy) is 3. The summed E-state index contributed by atoms with van der Waals surface area (Å²) in [6.45, 7) is 4.39. The average Bonchev–Trinajstić information content (AvgIpc) is 3.17. The fraction of sp³-hybridized carbons (Fsp3) is 0.241. The highest BCUT2D eigenvalue weighted by Crippen LogP contribution is 2.43. The third kappa shape index (κ3) is 4.64. The van der Waals surface area contributed by atoms with Crippen molar-refractivity contribution in [3.8, 4) is 17.2 Å². The summed E-state index contributed by atoms with van der Waals surface area (Å²) < 4.78 is 16.5. The van der Waals surface area contributed by atoms with E-state index in [1.54, 1.807) is 55.6 Å². The lowest BCUT2D eigenvalue weighted by molar-refractivity contribution is -0.132. The Morgan fingerprint density at radius 1 is 0.944 bits per heavy atom. The Kier molecular flexibility index (Phi) is 7.29. The molecule has 36 heavy (non-hydrogen) atoms.